The smallest absolute Gasteiger partial charge is 0.251 e. The van der Waals surface area contributed by atoms with Crippen LogP contribution in [0.5, 0.6) is 0 Å². The van der Waals surface area contributed by atoms with E-state index in [-0.39, 0.29) is 12.5 Å². The topological polar surface area (TPSA) is 125 Å². The Morgan fingerprint density at radius 3 is 2.79 bits per heavy atom. The number of tetrazole rings is 1. The van der Waals surface area contributed by atoms with Gasteiger partial charge in [-0.15, -0.1) is 5.10 Å². The molecule has 1 N–H and O–H groups in total. The minimum atomic E-state index is -0.230. The molecule has 140 valence electrons. The van der Waals surface area contributed by atoms with Crippen molar-refractivity contribution in [3.05, 3.63) is 71.6 Å². The van der Waals surface area contributed by atoms with E-state index in [1.165, 1.54) is 0 Å². The molecule has 3 heterocycles. The molecule has 1 amide bonds. The van der Waals surface area contributed by atoms with Crippen LogP contribution in [0.3, 0.4) is 0 Å². The fraction of sp³-hybridized carbons (Fsp3) is 0.167. The van der Waals surface area contributed by atoms with E-state index in [9.17, 15) is 4.79 Å². The monoisotopic (exact) mass is 376 g/mol. The summed E-state index contributed by atoms with van der Waals surface area (Å²) in [6.07, 6.45) is 3.31. The lowest BCUT2D eigenvalue weighted by molar-refractivity contribution is 0.0946. The second-order valence-corrected chi connectivity index (χ2v) is 6.02. The van der Waals surface area contributed by atoms with E-state index >= 15 is 0 Å². The van der Waals surface area contributed by atoms with Gasteiger partial charge in [-0.3, -0.25) is 9.78 Å². The van der Waals surface area contributed by atoms with Crippen molar-refractivity contribution in [3.63, 3.8) is 0 Å². The summed E-state index contributed by atoms with van der Waals surface area (Å²) >= 11 is 0. The van der Waals surface area contributed by atoms with Crippen LogP contribution in [-0.2, 0) is 13.1 Å². The van der Waals surface area contributed by atoms with Gasteiger partial charge in [0, 0.05) is 23.5 Å². The predicted octanol–water partition coefficient (Wildman–Crippen LogP) is 1.40. The highest BCUT2D eigenvalue weighted by Crippen LogP contribution is 2.13. The fourth-order valence-corrected chi connectivity index (χ4v) is 2.53. The lowest BCUT2D eigenvalue weighted by Crippen LogP contribution is -2.23. The van der Waals surface area contributed by atoms with Gasteiger partial charge in [0.15, 0.2) is 0 Å². The number of carbonyl (C=O) groups excluding carboxylic acids is 1. The molecule has 0 aliphatic carbocycles. The number of benzene rings is 1. The van der Waals surface area contributed by atoms with Crippen molar-refractivity contribution in [2.45, 2.75) is 20.0 Å². The van der Waals surface area contributed by atoms with Gasteiger partial charge in [-0.25, -0.2) is 4.68 Å². The number of nitrogens with one attached hydrogen (secondary N) is 1. The minimum Gasteiger partial charge on any atom is -0.343 e. The normalized spacial score (nSPS) is 10.8. The van der Waals surface area contributed by atoms with E-state index in [1.54, 1.807) is 35.3 Å². The van der Waals surface area contributed by atoms with E-state index in [1.807, 2.05) is 25.1 Å². The van der Waals surface area contributed by atoms with Crippen molar-refractivity contribution in [1.82, 2.24) is 40.6 Å². The molecule has 0 saturated carbocycles. The quantitative estimate of drug-likeness (QED) is 0.535. The van der Waals surface area contributed by atoms with Crippen molar-refractivity contribution < 1.29 is 9.32 Å². The molecule has 10 heteroatoms. The molecular weight excluding hydrogens is 360 g/mol. The average molecular weight is 376 g/mol. The Morgan fingerprint density at radius 2 is 2.07 bits per heavy atom. The molecule has 1 aromatic carbocycles. The highest BCUT2D eigenvalue weighted by molar-refractivity contribution is 5.94. The Hall–Kier alpha value is -3.95. The third kappa shape index (κ3) is 3.90. The van der Waals surface area contributed by atoms with Crippen molar-refractivity contribution in [3.8, 4) is 11.4 Å². The molecule has 4 aromatic rings. The van der Waals surface area contributed by atoms with Gasteiger partial charge in [0.2, 0.25) is 11.7 Å². The molecule has 4 rings (SSSR count). The molecule has 0 unspecified atom stereocenters. The SMILES string of the molecule is Cc1nnnn1Cc1ccc(C(=O)NCc2nc(-c3cccnc3)no2)cc1. The summed E-state index contributed by atoms with van der Waals surface area (Å²) in [5, 5.41) is 18.0. The summed E-state index contributed by atoms with van der Waals surface area (Å²) in [5.74, 6) is 1.25. The highest BCUT2D eigenvalue weighted by Gasteiger charge is 2.11. The number of pyridine rings is 1. The minimum absolute atomic E-state index is 0.137. The van der Waals surface area contributed by atoms with E-state index in [4.69, 9.17) is 4.52 Å². The summed E-state index contributed by atoms with van der Waals surface area (Å²) in [4.78, 5) is 20.6. The lowest BCUT2D eigenvalue weighted by Gasteiger charge is -2.05. The number of hydrogen-bond acceptors (Lipinski definition) is 8. The van der Waals surface area contributed by atoms with E-state index in [0.717, 1.165) is 17.0 Å². The van der Waals surface area contributed by atoms with Crippen LogP contribution >= 0.6 is 0 Å². The second kappa shape index (κ2) is 7.74. The standard InChI is InChI=1S/C18H16N8O2/c1-12-22-24-25-26(12)11-13-4-6-14(7-5-13)18(27)20-10-16-21-17(23-28-16)15-3-2-8-19-9-15/h2-9H,10-11H2,1H3,(H,20,27). The lowest BCUT2D eigenvalue weighted by atomic mass is 10.1. The summed E-state index contributed by atoms with van der Waals surface area (Å²) in [7, 11) is 0. The van der Waals surface area contributed by atoms with Crippen LogP contribution in [0.4, 0.5) is 0 Å². The second-order valence-electron chi connectivity index (χ2n) is 6.02. The molecule has 0 atom stereocenters. The fourth-order valence-electron chi connectivity index (χ4n) is 2.53. The molecule has 10 nitrogen and oxygen atoms in total. The van der Waals surface area contributed by atoms with Gasteiger partial charge < -0.3 is 9.84 Å². The number of aromatic nitrogens is 7. The van der Waals surface area contributed by atoms with Crippen LogP contribution in [0, 0.1) is 6.92 Å². The molecule has 0 bridgehead atoms. The first kappa shape index (κ1) is 17.5. The summed E-state index contributed by atoms with van der Waals surface area (Å²) < 4.78 is 6.85. The predicted molar refractivity (Wildman–Crippen MR) is 96.8 cm³/mol. The summed E-state index contributed by atoms with van der Waals surface area (Å²) in [5.41, 5.74) is 2.27. The molecule has 0 aliphatic rings. The Bertz CT molecular complexity index is 1070. The Kier molecular flexibility index (Phi) is 4.83. The Morgan fingerprint density at radius 1 is 1.21 bits per heavy atom. The van der Waals surface area contributed by atoms with Crippen LogP contribution in [0.2, 0.25) is 0 Å². The zero-order valence-electron chi connectivity index (χ0n) is 15.0. The first-order chi connectivity index (χ1) is 13.7. The average Bonchev–Trinajstić information content (AvgIpc) is 3.37. The third-order valence-corrected chi connectivity index (χ3v) is 4.05. The number of aryl methyl sites for hydroxylation is 1. The molecular formula is C18H16N8O2. The maximum Gasteiger partial charge on any atom is 0.251 e. The maximum atomic E-state index is 12.3. The summed E-state index contributed by atoms with van der Waals surface area (Å²) in [6, 6.07) is 10.8. The van der Waals surface area contributed by atoms with E-state index < -0.39 is 0 Å². The molecule has 0 radical (unpaired) electrons. The molecule has 0 fully saturated rings. The van der Waals surface area contributed by atoms with E-state index in [0.29, 0.717) is 23.8 Å². The highest BCUT2D eigenvalue weighted by atomic mass is 16.5. The maximum absolute atomic E-state index is 12.3. The van der Waals surface area contributed by atoms with E-state index in [2.05, 4.69) is 36.0 Å². The Labute approximate surface area is 159 Å². The third-order valence-electron chi connectivity index (χ3n) is 4.05. The van der Waals surface area contributed by atoms with Crippen LogP contribution in [-0.4, -0.2) is 41.2 Å². The van der Waals surface area contributed by atoms with Gasteiger partial charge in [-0.2, -0.15) is 4.98 Å². The van der Waals surface area contributed by atoms with Crippen LogP contribution in [0.15, 0.2) is 53.3 Å². The zero-order chi connectivity index (χ0) is 19.3. The van der Waals surface area contributed by atoms with Crippen molar-refractivity contribution in [2.75, 3.05) is 0 Å². The van der Waals surface area contributed by atoms with Gasteiger partial charge >= 0.3 is 0 Å². The largest absolute Gasteiger partial charge is 0.343 e. The van der Waals surface area contributed by atoms with Crippen LogP contribution in [0.1, 0.15) is 27.6 Å². The van der Waals surface area contributed by atoms with Gasteiger partial charge in [-0.05, 0) is 47.2 Å². The molecule has 3 aromatic heterocycles. The molecule has 0 aliphatic heterocycles. The number of hydrogen-bond donors (Lipinski definition) is 1. The number of carbonyl (C=O) groups is 1. The zero-order valence-corrected chi connectivity index (χ0v) is 15.0. The van der Waals surface area contributed by atoms with Gasteiger partial charge in [0.1, 0.15) is 5.82 Å². The van der Waals surface area contributed by atoms with Gasteiger partial charge in [0.05, 0.1) is 13.1 Å². The number of amides is 1. The summed E-state index contributed by atoms with van der Waals surface area (Å²) in [6.45, 7) is 2.51. The van der Waals surface area contributed by atoms with Crippen molar-refractivity contribution in [2.24, 2.45) is 0 Å². The Balaban J connectivity index is 1.35. The molecule has 0 spiro atoms. The molecule has 28 heavy (non-hydrogen) atoms. The van der Waals surface area contributed by atoms with Crippen molar-refractivity contribution in [1.29, 1.82) is 0 Å². The van der Waals surface area contributed by atoms with Crippen LogP contribution in [0.25, 0.3) is 11.4 Å². The van der Waals surface area contributed by atoms with Crippen molar-refractivity contribution >= 4 is 5.91 Å². The number of nitrogens with zero attached hydrogens (tertiary/aromatic N) is 7. The first-order valence-electron chi connectivity index (χ1n) is 8.52. The first-order valence-corrected chi connectivity index (χ1v) is 8.52. The number of rotatable bonds is 6. The molecule has 0 saturated heterocycles. The van der Waals surface area contributed by atoms with Crippen LogP contribution < -0.4 is 5.32 Å². The van der Waals surface area contributed by atoms with Gasteiger partial charge in [0.25, 0.3) is 5.91 Å². The van der Waals surface area contributed by atoms with Gasteiger partial charge in [-0.1, -0.05) is 17.3 Å².